The van der Waals surface area contributed by atoms with Crippen molar-refractivity contribution in [3.05, 3.63) is 12.2 Å². The van der Waals surface area contributed by atoms with Crippen LogP contribution in [0.4, 0.5) is 0 Å². The molecule has 0 unspecified atom stereocenters. The molecule has 2 aliphatic rings. The quantitative estimate of drug-likeness (QED) is 0.491. The van der Waals surface area contributed by atoms with Gasteiger partial charge in [0.25, 0.3) is 0 Å². The number of allylic oxidation sites excluding steroid dienone is 2. The van der Waals surface area contributed by atoms with Crippen LogP contribution in [0.25, 0.3) is 0 Å². The van der Waals surface area contributed by atoms with Gasteiger partial charge in [-0.25, -0.2) is 0 Å². The first kappa shape index (κ1) is 5.48. The van der Waals surface area contributed by atoms with Crippen LogP contribution in [0.2, 0.25) is 0 Å². The molecule has 1 heteroatoms. The third kappa shape index (κ3) is 0.715. The van der Waals surface area contributed by atoms with E-state index in [9.17, 15) is 0 Å². The standard InChI is InChI=1S/C8H13N/c9-5-8-4-6-1-2-7(8)3-6/h1-2,6-8H,3-5,9H2/p+1/t6-,7+,8-/m1/s1. The molecule has 50 valence electrons. The Labute approximate surface area is 55.9 Å². The fourth-order valence-electron chi connectivity index (χ4n) is 2.23. The summed E-state index contributed by atoms with van der Waals surface area (Å²) < 4.78 is 0. The van der Waals surface area contributed by atoms with E-state index in [1.165, 1.54) is 12.8 Å². The first-order valence-corrected chi connectivity index (χ1v) is 3.87. The van der Waals surface area contributed by atoms with E-state index in [-0.39, 0.29) is 0 Å². The molecule has 1 saturated carbocycles. The molecule has 0 aromatic carbocycles. The van der Waals surface area contributed by atoms with Crippen LogP contribution < -0.4 is 5.73 Å². The summed E-state index contributed by atoms with van der Waals surface area (Å²) in [7, 11) is 0. The van der Waals surface area contributed by atoms with Crippen molar-refractivity contribution in [1.29, 1.82) is 0 Å². The third-order valence-electron chi connectivity index (χ3n) is 2.79. The molecule has 0 aliphatic heterocycles. The van der Waals surface area contributed by atoms with E-state index in [0.29, 0.717) is 0 Å². The van der Waals surface area contributed by atoms with Crippen molar-refractivity contribution in [1.82, 2.24) is 0 Å². The second-order valence-electron chi connectivity index (χ2n) is 3.33. The van der Waals surface area contributed by atoms with Crippen LogP contribution in [0.3, 0.4) is 0 Å². The molecule has 0 amide bonds. The molecule has 3 atom stereocenters. The molecule has 1 fully saturated rings. The minimum absolute atomic E-state index is 0.910. The van der Waals surface area contributed by atoms with Crippen LogP contribution in [0.1, 0.15) is 12.8 Å². The minimum Gasteiger partial charge on any atom is -0.357 e. The molecular formula is C8H14N+. The van der Waals surface area contributed by atoms with E-state index in [2.05, 4.69) is 17.9 Å². The van der Waals surface area contributed by atoms with Gasteiger partial charge in [-0.2, -0.15) is 0 Å². The fourth-order valence-corrected chi connectivity index (χ4v) is 2.23. The summed E-state index contributed by atoms with van der Waals surface area (Å²) in [6, 6.07) is 0. The summed E-state index contributed by atoms with van der Waals surface area (Å²) >= 11 is 0. The highest BCUT2D eigenvalue weighted by Crippen LogP contribution is 2.42. The maximum Gasteiger partial charge on any atom is 0.0774 e. The van der Waals surface area contributed by atoms with Gasteiger partial charge in [0, 0.05) is 5.92 Å². The van der Waals surface area contributed by atoms with E-state index >= 15 is 0 Å². The van der Waals surface area contributed by atoms with Crippen molar-refractivity contribution < 1.29 is 5.73 Å². The van der Waals surface area contributed by atoms with Gasteiger partial charge >= 0.3 is 0 Å². The summed E-state index contributed by atoms with van der Waals surface area (Å²) in [5.74, 6) is 2.77. The van der Waals surface area contributed by atoms with Crippen molar-refractivity contribution >= 4 is 0 Å². The Hall–Kier alpha value is -0.300. The Bertz CT molecular complexity index is 140. The maximum absolute atomic E-state index is 3.95. The van der Waals surface area contributed by atoms with Crippen molar-refractivity contribution in [2.45, 2.75) is 12.8 Å². The lowest BCUT2D eigenvalue weighted by Crippen LogP contribution is -2.54. The molecule has 0 aromatic heterocycles. The second kappa shape index (κ2) is 1.84. The monoisotopic (exact) mass is 124 g/mol. The molecule has 3 N–H and O–H groups in total. The summed E-state index contributed by atoms with van der Waals surface area (Å²) in [6.07, 6.45) is 7.63. The van der Waals surface area contributed by atoms with E-state index in [1.807, 2.05) is 0 Å². The lowest BCUT2D eigenvalue weighted by molar-refractivity contribution is -0.380. The Balaban J connectivity index is 2.10. The zero-order valence-corrected chi connectivity index (χ0v) is 5.72. The van der Waals surface area contributed by atoms with E-state index < -0.39 is 0 Å². The Morgan fingerprint density at radius 2 is 2.22 bits per heavy atom. The lowest BCUT2D eigenvalue weighted by Gasteiger charge is -2.11. The molecule has 1 nitrogen and oxygen atoms in total. The van der Waals surface area contributed by atoms with Gasteiger partial charge in [-0.1, -0.05) is 12.2 Å². The SMILES string of the molecule is [NH3+]C[C@H]1C[C@@H]2C=C[C@H]1C2. The number of fused-ring (bicyclic) bond motifs is 2. The van der Waals surface area contributed by atoms with Gasteiger partial charge < -0.3 is 5.73 Å². The van der Waals surface area contributed by atoms with Crippen LogP contribution in [-0.2, 0) is 0 Å². The predicted molar refractivity (Wildman–Crippen MR) is 36.6 cm³/mol. The van der Waals surface area contributed by atoms with Crippen LogP contribution >= 0.6 is 0 Å². The van der Waals surface area contributed by atoms with E-state index in [4.69, 9.17) is 0 Å². The Morgan fingerprint density at radius 1 is 1.33 bits per heavy atom. The van der Waals surface area contributed by atoms with Gasteiger partial charge in [-0.15, -0.1) is 0 Å². The third-order valence-corrected chi connectivity index (χ3v) is 2.79. The smallest absolute Gasteiger partial charge is 0.0774 e. The van der Waals surface area contributed by atoms with Gasteiger partial charge in [-0.3, -0.25) is 0 Å². The van der Waals surface area contributed by atoms with Crippen LogP contribution in [-0.4, -0.2) is 6.54 Å². The Morgan fingerprint density at radius 3 is 2.56 bits per heavy atom. The molecule has 0 heterocycles. The molecular weight excluding hydrogens is 110 g/mol. The highest BCUT2D eigenvalue weighted by molar-refractivity contribution is 5.09. The first-order chi connectivity index (χ1) is 4.40. The number of rotatable bonds is 1. The van der Waals surface area contributed by atoms with Crippen molar-refractivity contribution in [3.63, 3.8) is 0 Å². The molecule has 9 heavy (non-hydrogen) atoms. The fraction of sp³-hybridized carbons (Fsp3) is 0.750. The van der Waals surface area contributed by atoms with Crippen molar-refractivity contribution in [3.8, 4) is 0 Å². The molecule has 0 radical (unpaired) electrons. The minimum atomic E-state index is 0.910. The molecule has 2 bridgehead atoms. The zero-order valence-electron chi connectivity index (χ0n) is 5.72. The second-order valence-corrected chi connectivity index (χ2v) is 3.33. The largest absolute Gasteiger partial charge is 0.357 e. The van der Waals surface area contributed by atoms with Crippen molar-refractivity contribution in [2.24, 2.45) is 17.8 Å². The van der Waals surface area contributed by atoms with E-state index in [1.54, 1.807) is 0 Å². The van der Waals surface area contributed by atoms with Gasteiger partial charge in [0.1, 0.15) is 0 Å². The van der Waals surface area contributed by atoms with Crippen LogP contribution in [0.5, 0.6) is 0 Å². The van der Waals surface area contributed by atoms with Gasteiger partial charge in [0.05, 0.1) is 6.54 Å². The first-order valence-electron chi connectivity index (χ1n) is 3.87. The number of hydrogen-bond donors (Lipinski definition) is 1. The van der Waals surface area contributed by atoms with Crippen molar-refractivity contribution in [2.75, 3.05) is 6.54 Å². The average Bonchev–Trinajstić information content (AvgIpc) is 2.45. The zero-order chi connectivity index (χ0) is 6.27. The van der Waals surface area contributed by atoms with E-state index in [0.717, 1.165) is 24.3 Å². The highest BCUT2D eigenvalue weighted by Gasteiger charge is 2.35. The van der Waals surface area contributed by atoms with Crippen LogP contribution in [0, 0.1) is 17.8 Å². The Kier molecular flexibility index (Phi) is 1.12. The summed E-state index contributed by atoms with van der Waals surface area (Å²) in [4.78, 5) is 0. The predicted octanol–water partition coefficient (Wildman–Crippen LogP) is 0.440. The summed E-state index contributed by atoms with van der Waals surface area (Å²) in [6.45, 7) is 1.14. The maximum atomic E-state index is 3.95. The lowest BCUT2D eigenvalue weighted by atomic mass is 9.94. The van der Waals surface area contributed by atoms with Gasteiger partial charge in [0.15, 0.2) is 0 Å². The normalized spacial score (nSPS) is 46.6. The number of quaternary nitrogens is 1. The number of hydrogen-bond acceptors (Lipinski definition) is 0. The van der Waals surface area contributed by atoms with Gasteiger partial charge in [0.2, 0.25) is 0 Å². The molecule has 2 rings (SSSR count). The summed E-state index contributed by atoms with van der Waals surface area (Å²) in [5, 5.41) is 0. The molecule has 0 saturated heterocycles. The average molecular weight is 124 g/mol. The molecule has 0 aromatic rings. The highest BCUT2D eigenvalue weighted by atomic mass is 14.6. The van der Waals surface area contributed by atoms with Gasteiger partial charge in [-0.05, 0) is 24.7 Å². The van der Waals surface area contributed by atoms with Crippen LogP contribution in [0.15, 0.2) is 12.2 Å². The molecule has 2 aliphatic carbocycles. The summed E-state index contributed by atoms with van der Waals surface area (Å²) in [5.41, 5.74) is 3.95. The molecule has 0 spiro atoms. The topological polar surface area (TPSA) is 27.6 Å².